The number of hydrogen-bond acceptors (Lipinski definition) is 7. The lowest BCUT2D eigenvalue weighted by molar-refractivity contribution is 0.190. The van der Waals surface area contributed by atoms with Crippen molar-refractivity contribution in [2.75, 3.05) is 40.9 Å². The predicted molar refractivity (Wildman–Crippen MR) is 92.1 cm³/mol. The lowest BCUT2D eigenvalue weighted by Gasteiger charge is -2.30. The number of hydrogen-bond donors (Lipinski definition) is 1. The van der Waals surface area contributed by atoms with Gasteiger partial charge in [0.1, 0.15) is 11.5 Å². The molecule has 132 valence electrons. The van der Waals surface area contributed by atoms with Gasteiger partial charge >= 0.3 is 0 Å². The standard InChI is InChI=1S/C16H22N4O3.ClH/c1-20-7-6-17-10-13(20)16-18-15(23-19-16)9-11-8-12(21-2)4-5-14(11)22-3;/h4-5,8,13,17H,6-7,9-10H2,1-3H3;1H. The Morgan fingerprint density at radius 1 is 1.33 bits per heavy atom. The molecule has 2 heterocycles. The average Bonchev–Trinajstić information content (AvgIpc) is 3.03. The predicted octanol–water partition coefficient (Wildman–Crippen LogP) is 1.68. The molecule has 1 atom stereocenters. The molecule has 3 rings (SSSR count). The summed E-state index contributed by atoms with van der Waals surface area (Å²) < 4.78 is 16.1. The molecule has 1 aliphatic heterocycles. The first kappa shape index (κ1) is 18.5. The van der Waals surface area contributed by atoms with Gasteiger partial charge < -0.3 is 19.3 Å². The Balaban J connectivity index is 0.00000208. The van der Waals surface area contributed by atoms with Crippen LogP contribution in [0.3, 0.4) is 0 Å². The first-order valence-corrected chi connectivity index (χ1v) is 7.65. The molecule has 0 aliphatic carbocycles. The van der Waals surface area contributed by atoms with Crippen LogP contribution >= 0.6 is 12.4 Å². The SMILES string of the molecule is COc1ccc(OC)c(Cc2nc(C3CNCCN3C)no2)c1.Cl. The van der Waals surface area contributed by atoms with E-state index >= 15 is 0 Å². The second-order valence-corrected chi connectivity index (χ2v) is 5.60. The molecule has 0 spiro atoms. The lowest BCUT2D eigenvalue weighted by Crippen LogP contribution is -2.44. The van der Waals surface area contributed by atoms with E-state index in [0.717, 1.165) is 42.5 Å². The largest absolute Gasteiger partial charge is 0.497 e. The van der Waals surface area contributed by atoms with Crippen molar-refractivity contribution in [3.05, 3.63) is 35.5 Å². The van der Waals surface area contributed by atoms with Gasteiger partial charge in [-0.3, -0.25) is 4.90 Å². The van der Waals surface area contributed by atoms with Crippen molar-refractivity contribution >= 4 is 12.4 Å². The van der Waals surface area contributed by atoms with E-state index in [1.54, 1.807) is 14.2 Å². The van der Waals surface area contributed by atoms with Crippen LogP contribution in [0, 0.1) is 0 Å². The van der Waals surface area contributed by atoms with Gasteiger partial charge in [-0.2, -0.15) is 4.98 Å². The molecule has 2 aromatic rings. The van der Waals surface area contributed by atoms with Crippen molar-refractivity contribution in [3.8, 4) is 11.5 Å². The van der Waals surface area contributed by atoms with Crippen molar-refractivity contribution in [1.29, 1.82) is 0 Å². The zero-order chi connectivity index (χ0) is 16.2. The number of ether oxygens (including phenoxy) is 2. The Bertz CT molecular complexity index is 665. The van der Waals surface area contributed by atoms with Gasteiger partial charge in [-0.05, 0) is 25.2 Å². The summed E-state index contributed by atoms with van der Waals surface area (Å²) in [5.74, 6) is 2.85. The van der Waals surface area contributed by atoms with E-state index in [0.29, 0.717) is 12.3 Å². The molecule has 0 radical (unpaired) electrons. The highest BCUT2D eigenvalue weighted by molar-refractivity contribution is 5.85. The lowest BCUT2D eigenvalue weighted by atomic mass is 10.1. The minimum absolute atomic E-state index is 0. The summed E-state index contributed by atoms with van der Waals surface area (Å²) in [4.78, 5) is 6.79. The van der Waals surface area contributed by atoms with Crippen molar-refractivity contribution in [2.45, 2.75) is 12.5 Å². The van der Waals surface area contributed by atoms with Crippen molar-refractivity contribution < 1.29 is 14.0 Å². The minimum Gasteiger partial charge on any atom is -0.497 e. The summed E-state index contributed by atoms with van der Waals surface area (Å²) in [6.07, 6.45) is 0.511. The maximum atomic E-state index is 5.43. The minimum atomic E-state index is 0. The van der Waals surface area contributed by atoms with Crippen LogP contribution in [0.2, 0.25) is 0 Å². The molecular formula is C16H23ClN4O3. The van der Waals surface area contributed by atoms with Crippen LogP contribution in [-0.4, -0.2) is 55.9 Å². The Hall–Kier alpha value is -1.83. The molecular weight excluding hydrogens is 332 g/mol. The van der Waals surface area contributed by atoms with E-state index in [-0.39, 0.29) is 18.4 Å². The highest BCUT2D eigenvalue weighted by Crippen LogP contribution is 2.26. The maximum Gasteiger partial charge on any atom is 0.231 e. The van der Waals surface area contributed by atoms with Gasteiger partial charge in [0, 0.05) is 25.2 Å². The number of aromatic nitrogens is 2. The summed E-state index contributed by atoms with van der Waals surface area (Å²) in [6.45, 7) is 2.79. The first-order valence-electron chi connectivity index (χ1n) is 7.65. The van der Waals surface area contributed by atoms with Crippen molar-refractivity contribution in [2.24, 2.45) is 0 Å². The van der Waals surface area contributed by atoms with Gasteiger partial charge in [0.05, 0.1) is 26.7 Å². The maximum absolute atomic E-state index is 5.43. The molecule has 1 saturated heterocycles. The Morgan fingerprint density at radius 2 is 2.17 bits per heavy atom. The number of likely N-dealkylation sites (N-methyl/N-ethyl adjacent to an activating group) is 1. The fourth-order valence-electron chi connectivity index (χ4n) is 2.75. The fraction of sp³-hybridized carbons (Fsp3) is 0.500. The van der Waals surface area contributed by atoms with Gasteiger partial charge in [-0.25, -0.2) is 0 Å². The highest BCUT2D eigenvalue weighted by Gasteiger charge is 2.25. The molecule has 1 unspecified atom stereocenters. The molecule has 7 nitrogen and oxygen atoms in total. The third kappa shape index (κ3) is 3.98. The van der Waals surface area contributed by atoms with Crippen LogP contribution in [0.5, 0.6) is 11.5 Å². The average molecular weight is 355 g/mol. The molecule has 8 heteroatoms. The Morgan fingerprint density at radius 3 is 2.88 bits per heavy atom. The van der Waals surface area contributed by atoms with E-state index in [9.17, 15) is 0 Å². The number of halogens is 1. The summed E-state index contributed by atoms with van der Waals surface area (Å²) >= 11 is 0. The van der Waals surface area contributed by atoms with Gasteiger partial charge in [0.15, 0.2) is 5.82 Å². The van der Waals surface area contributed by atoms with E-state index in [1.165, 1.54) is 0 Å². The number of nitrogens with zero attached hydrogens (tertiary/aromatic N) is 3. The summed E-state index contributed by atoms with van der Waals surface area (Å²) in [7, 11) is 5.36. The van der Waals surface area contributed by atoms with Crippen LogP contribution in [-0.2, 0) is 6.42 Å². The quantitative estimate of drug-likeness (QED) is 0.875. The van der Waals surface area contributed by atoms with Gasteiger partial charge in [-0.1, -0.05) is 5.16 Å². The molecule has 0 amide bonds. The fourth-order valence-corrected chi connectivity index (χ4v) is 2.75. The summed E-state index contributed by atoms with van der Waals surface area (Å²) in [5.41, 5.74) is 0.956. The Labute approximate surface area is 147 Å². The number of methoxy groups -OCH3 is 2. The second kappa shape index (κ2) is 8.32. The monoisotopic (exact) mass is 354 g/mol. The van der Waals surface area contributed by atoms with Crippen molar-refractivity contribution in [1.82, 2.24) is 20.4 Å². The summed E-state index contributed by atoms with van der Waals surface area (Å²) in [6, 6.07) is 5.82. The van der Waals surface area contributed by atoms with Gasteiger partial charge in [0.25, 0.3) is 0 Å². The number of rotatable bonds is 5. The molecule has 0 saturated carbocycles. The third-order valence-electron chi connectivity index (χ3n) is 4.12. The van der Waals surface area contributed by atoms with Crippen LogP contribution in [0.1, 0.15) is 23.3 Å². The molecule has 0 bridgehead atoms. The van der Waals surface area contributed by atoms with Gasteiger partial charge in [-0.15, -0.1) is 12.4 Å². The highest BCUT2D eigenvalue weighted by atomic mass is 35.5. The van der Waals surface area contributed by atoms with Gasteiger partial charge in [0.2, 0.25) is 5.89 Å². The van der Waals surface area contributed by atoms with E-state index in [1.807, 2.05) is 18.2 Å². The van der Waals surface area contributed by atoms with E-state index in [2.05, 4.69) is 27.4 Å². The zero-order valence-corrected chi connectivity index (χ0v) is 14.9. The topological polar surface area (TPSA) is 72.7 Å². The van der Waals surface area contributed by atoms with Crippen LogP contribution in [0.25, 0.3) is 0 Å². The second-order valence-electron chi connectivity index (χ2n) is 5.60. The zero-order valence-electron chi connectivity index (χ0n) is 14.1. The number of nitrogens with one attached hydrogen (secondary N) is 1. The summed E-state index contributed by atoms with van der Waals surface area (Å²) in [5, 5.41) is 7.50. The third-order valence-corrected chi connectivity index (χ3v) is 4.12. The van der Waals surface area contributed by atoms with Crippen LogP contribution < -0.4 is 14.8 Å². The number of piperazine rings is 1. The number of benzene rings is 1. The first-order chi connectivity index (χ1) is 11.2. The van der Waals surface area contributed by atoms with Crippen LogP contribution in [0.15, 0.2) is 22.7 Å². The molecule has 1 N–H and O–H groups in total. The normalized spacial score (nSPS) is 18.0. The molecule has 1 aliphatic rings. The Kier molecular flexibility index (Phi) is 6.42. The molecule has 1 aromatic heterocycles. The molecule has 1 fully saturated rings. The van der Waals surface area contributed by atoms with Crippen molar-refractivity contribution in [3.63, 3.8) is 0 Å². The smallest absolute Gasteiger partial charge is 0.231 e. The van der Waals surface area contributed by atoms with Crippen LogP contribution in [0.4, 0.5) is 0 Å². The molecule has 1 aromatic carbocycles. The van der Waals surface area contributed by atoms with E-state index in [4.69, 9.17) is 14.0 Å². The molecule has 24 heavy (non-hydrogen) atoms. The van der Waals surface area contributed by atoms with E-state index < -0.39 is 0 Å².